The molecule has 1 aliphatic rings. The predicted molar refractivity (Wildman–Crippen MR) is 137 cm³/mol. The average molecular weight is 523 g/mol. The summed E-state index contributed by atoms with van der Waals surface area (Å²) in [6, 6.07) is 12.7. The molecule has 37 heavy (non-hydrogen) atoms. The fourth-order valence-electron chi connectivity index (χ4n) is 4.46. The van der Waals surface area contributed by atoms with Gasteiger partial charge in [0.15, 0.2) is 11.5 Å². The molecule has 0 radical (unpaired) electrons. The van der Waals surface area contributed by atoms with Crippen LogP contribution in [0.15, 0.2) is 53.2 Å². The number of carbonyl (C=O) groups excluding carboxylic acids is 1. The molecule has 0 unspecified atom stereocenters. The summed E-state index contributed by atoms with van der Waals surface area (Å²) in [5, 5.41) is 4.48. The first kappa shape index (κ1) is 24.6. The molecule has 0 atom stereocenters. The lowest BCUT2D eigenvalue weighted by Gasteiger charge is -2.23. The Bertz CT molecular complexity index is 1600. The van der Waals surface area contributed by atoms with E-state index in [2.05, 4.69) is 10.1 Å². The minimum atomic E-state index is -3.64. The maximum absolute atomic E-state index is 13.8. The first-order chi connectivity index (χ1) is 17.7. The van der Waals surface area contributed by atoms with Gasteiger partial charge in [-0.1, -0.05) is 17.3 Å². The van der Waals surface area contributed by atoms with Crippen molar-refractivity contribution in [3.8, 4) is 11.5 Å². The van der Waals surface area contributed by atoms with Crippen molar-refractivity contribution < 1.29 is 27.2 Å². The molecule has 5 rings (SSSR count). The van der Waals surface area contributed by atoms with Crippen molar-refractivity contribution in [2.45, 2.75) is 26.6 Å². The Labute approximate surface area is 214 Å². The van der Waals surface area contributed by atoms with Crippen LogP contribution in [0.2, 0.25) is 0 Å². The molecule has 0 bridgehead atoms. The van der Waals surface area contributed by atoms with E-state index in [9.17, 15) is 13.2 Å². The number of aromatic nitrogens is 2. The quantitative estimate of drug-likeness (QED) is 0.344. The number of sulfonamides is 1. The van der Waals surface area contributed by atoms with Crippen molar-refractivity contribution in [2.24, 2.45) is 0 Å². The van der Waals surface area contributed by atoms with Crippen molar-refractivity contribution in [1.29, 1.82) is 0 Å². The SMILES string of the molecule is COc1ccc(COc2c3c(c(N(C)S(C)(=O)=O)c4cccnc24)CN(Cc2cc(C)no2)C3=O)cc1. The molecular weight excluding hydrogens is 496 g/mol. The predicted octanol–water partition coefficient (Wildman–Crippen LogP) is 3.67. The van der Waals surface area contributed by atoms with Crippen LogP contribution in [-0.4, -0.2) is 49.8 Å². The van der Waals surface area contributed by atoms with Gasteiger partial charge in [0.1, 0.15) is 17.9 Å². The molecule has 4 aromatic rings. The highest BCUT2D eigenvalue weighted by atomic mass is 32.2. The van der Waals surface area contributed by atoms with E-state index >= 15 is 0 Å². The molecule has 0 aliphatic carbocycles. The number of aryl methyl sites for hydroxylation is 1. The summed E-state index contributed by atoms with van der Waals surface area (Å²) in [7, 11) is -0.569. The summed E-state index contributed by atoms with van der Waals surface area (Å²) in [5.74, 6) is 1.26. The summed E-state index contributed by atoms with van der Waals surface area (Å²) in [4.78, 5) is 19.9. The van der Waals surface area contributed by atoms with Crippen LogP contribution in [0.3, 0.4) is 0 Å². The summed E-state index contributed by atoms with van der Waals surface area (Å²) in [5.41, 5.74) is 3.24. The molecule has 1 amide bonds. The van der Waals surface area contributed by atoms with Crippen LogP contribution >= 0.6 is 0 Å². The molecule has 11 heteroatoms. The maximum atomic E-state index is 13.8. The van der Waals surface area contributed by atoms with Crippen molar-refractivity contribution in [2.75, 3.05) is 24.7 Å². The van der Waals surface area contributed by atoms with Gasteiger partial charge in [-0.3, -0.25) is 14.1 Å². The fraction of sp³-hybridized carbons (Fsp3) is 0.269. The van der Waals surface area contributed by atoms with E-state index in [0.29, 0.717) is 44.9 Å². The number of benzene rings is 2. The Kier molecular flexibility index (Phi) is 6.24. The molecule has 10 nitrogen and oxygen atoms in total. The van der Waals surface area contributed by atoms with Crippen molar-refractivity contribution in [3.63, 3.8) is 0 Å². The van der Waals surface area contributed by atoms with Gasteiger partial charge < -0.3 is 18.9 Å². The zero-order chi connectivity index (χ0) is 26.3. The number of hydrogen-bond acceptors (Lipinski definition) is 8. The van der Waals surface area contributed by atoms with E-state index in [1.807, 2.05) is 24.3 Å². The summed E-state index contributed by atoms with van der Waals surface area (Å²) in [6.07, 6.45) is 2.72. The monoisotopic (exact) mass is 522 g/mol. The normalized spacial score (nSPS) is 13.2. The molecule has 1 aliphatic heterocycles. The van der Waals surface area contributed by atoms with Crippen LogP contribution in [0.4, 0.5) is 5.69 Å². The second kappa shape index (κ2) is 9.40. The maximum Gasteiger partial charge on any atom is 0.258 e. The number of amides is 1. The largest absolute Gasteiger partial charge is 0.497 e. The number of fused-ring (bicyclic) bond motifs is 2. The Balaban J connectivity index is 1.64. The number of hydrogen-bond donors (Lipinski definition) is 0. The van der Waals surface area contributed by atoms with E-state index < -0.39 is 10.0 Å². The van der Waals surface area contributed by atoms with Crippen LogP contribution < -0.4 is 13.8 Å². The van der Waals surface area contributed by atoms with Crippen LogP contribution in [0.5, 0.6) is 11.5 Å². The Morgan fingerprint density at radius 2 is 1.95 bits per heavy atom. The molecule has 192 valence electrons. The Morgan fingerprint density at radius 1 is 1.19 bits per heavy atom. The third kappa shape index (κ3) is 4.57. The minimum Gasteiger partial charge on any atom is -0.497 e. The lowest BCUT2D eigenvalue weighted by molar-refractivity contribution is 0.0748. The van der Waals surface area contributed by atoms with E-state index in [-0.39, 0.29) is 25.6 Å². The number of pyridine rings is 1. The third-order valence-corrected chi connectivity index (χ3v) is 7.50. The van der Waals surface area contributed by atoms with Gasteiger partial charge in [-0.2, -0.15) is 0 Å². The van der Waals surface area contributed by atoms with Crippen LogP contribution in [0, 0.1) is 6.92 Å². The molecule has 3 heterocycles. The molecule has 2 aromatic heterocycles. The fourth-order valence-corrected chi connectivity index (χ4v) is 5.00. The highest BCUT2D eigenvalue weighted by Gasteiger charge is 2.38. The molecule has 2 aromatic carbocycles. The van der Waals surface area contributed by atoms with E-state index in [4.69, 9.17) is 14.0 Å². The van der Waals surface area contributed by atoms with Gasteiger partial charge in [-0.05, 0) is 36.8 Å². The van der Waals surface area contributed by atoms with Crippen molar-refractivity contribution in [1.82, 2.24) is 15.0 Å². The molecule has 0 fully saturated rings. The molecule has 0 spiro atoms. The van der Waals surface area contributed by atoms with Gasteiger partial charge >= 0.3 is 0 Å². The van der Waals surface area contributed by atoms with Crippen LogP contribution in [-0.2, 0) is 29.7 Å². The number of carbonyl (C=O) groups is 1. The highest BCUT2D eigenvalue weighted by molar-refractivity contribution is 7.92. The first-order valence-electron chi connectivity index (χ1n) is 11.5. The van der Waals surface area contributed by atoms with Gasteiger partial charge in [-0.25, -0.2) is 8.42 Å². The van der Waals surface area contributed by atoms with Gasteiger partial charge in [-0.15, -0.1) is 0 Å². The first-order valence-corrected chi connectivity index (χ1v) is 13.4. The second-order valence-electron chi connectivity index (χ2n) is 8.89. The summed E-state index contributed by atoms with van der Waals surface area (Å²) >= 11 is 0. The standard InChI is InChI=1S/C26H26N4O6S/c1-16-12-19(36-28-16)13-30-14-21-22(26(30)31)25(35-15-17-7-9-18(34-3)10-8-17)23-20(6-5-11-27-23)24(21)29(2)37(4,32)33/h5-12H,13-15H2,1-4H3. The zero-order valence-electron chi connectivity index (χ0n) is 20.9. The molecule has 0 N–H and O–H groups in total. The van der Waals surface area contributed by atoms with Gasteiger partial charge in [0.25, 0.3) is 5.91 Å². The van der Waals surface area contributed by atoms with Crippen molar-refractivity contribution in [3.05, 3.63) is 76.8 Å². The number of nitrogens with zero attached hydrogens (tertiary/aromatic N) is 4. The highest BCUT2D eigenvalue weighted by Crippen LogP contribution is 2.45. The zero-order valence-corrected chi connectivity index (χ0v) is 21.7. The lowest BCUT2D eigenvalue weighted by Crippen LogP contribution is -2.26. The number of ether oxygens (including phenoxy) is 2. The van der Waals surface area contributed by atoms with E-state index in [1.165, 1.54) is 11.4 Å². The second-order valence-corrected chi connectivity index (χ2v) is 10.9. The molecule has 0 saturated carbocycles. The summed E-state index contributed by atoms with van der Waals surface area (Å²) in [6.45, 7) is 2.33. The Morgan fingerprint density at radius 3 is 2.59 bits per heavy atom. The molecular formula is C26H26N4O6S. The number of anilines is 1. The minimum absolute atomic E-state index is 0.173. The average Bonchev–Trinajstić information content (AvgIpc) is 3.43. The third-order valence-electron chi connectivity index (χ3n) is 6.32. The van der Waals surface area contributed by atoms with Gasteiger partial charge in [0.05, 0.1) is 36.9 Å². The number of rotatable bonds is 8. The lowest BCUT2D eigenvalue weighted by atomic mass is 10.0. The summed E-state index contributed by atoms with van der Waals surface area (Å²) < 4.78 is 43.3. The van der Waals surface area contributed by atoms with Gasteiger partial charge in [0, 0.05) is 36.8 Å². The topological polar surface area (TPSA) is 115 Å². The van der Waals surface area contributed by atoms with E-state index in [0.717, 1.165) is 17.6 Å². The molecule has 0 saturated heterocycles. The Hall–Kier alpha value is -4.12. The smallest absolute Gasteiger partial charge is 0.258 e. The van der Waals surface area contributed by atoms with Gasteiger partial charge in [0.2, 0.25) is 10.0 Å². The van der Waals surface area contributed by atoms with Crippen LogP contribution in [0.25, 0.3) is 10.9 Å². The van der Waals surface area contributed by atoms with Crippen LogP contribution in [0.1, 0.15) is 32.9 Å². The number of methoxy groups -OCH3 is 1. The van der Waals surface area contributed by atoms with E-state index in [1.54, 1.807) is 43.3 Å². The van der Waals surface area contributed by atoms with Crippen molar-refractivity contribution >= 4 is 32.5 Å².